The molecule has 7 N–H and O–H groups in total. The number of nitrogens with zero attached hydrogens (tertiary/aromatic N) is 4. The van der Waals surface area contributed by atoms with Crippen LogP contribution in [0.4, 0.5) is 10.3 Å². The molecule has 0 radical (unpaired) electrons. The number of hydrogen-bond donors (Lipinski definition) is 5. The standard InChI is InChI=1S/C31H46FN7O6S/c1-19(2)28-25(29(21-10-12-22(32)13-11-21)38-31(37-28)39(4)46(5,44)45)15-14-23(40)17-24(41)18-27(43)36-20(3)26(42)9-7-6-8-16-35-30(33)34/h10-15,19-20,23-24,40-41H,6-9,16-18H2,1-5H3,(H,36,43)(H4,33,34,35)/b15-14+/t20-,23-,24+/m0/s1. The maximum atomic E-state index is 13.7. The second-order valence-electron chi connectivity index (χ2n) is 11.5. The van der Waals surface area contributed by atoms with E-state index in [1.165, 1.54) is 37.4 Å². The number of aliphatic hydroxyl groups is 2. The Kier molecular flexibility index (Phi) is 14.7. The minimum atomic E-state index is -3.69. The number of sulfonamides is 1. The first-order valence-corrected chi connectivity index (χ1v) is 16.9. The molecule has 0 spiro atoms. The highest BCUT2D eigenvalue weighted by molar-refractivity contribution is 7.92. The molecule has 0 saturated heterocycles. The highest BCUT2D eigenvalue weighted by atomic mass is 32.2. The van der Waals surface area contributed by atoms with Crippen LogP contribution in [0, 0.1) is 5.82 Å². The number of amides is 1. The van der Waals surface area contributed by atoms with Crippen LogP contribution in [0.2, 0.25) is 0 Å². The van der Waals surface area contributed by atoms with Crippen molar-refractivity contribution in [2.45, 2.75) is 83.5 Å². The van der Waals surface area contributed by atoms with Gasteiger partial charge in [0.2, 0.25) is 21.9 Å². The number of aromatic nitrogens is 2. The van der Waals surface area contributed by atoms with Gasteiger partial charge in [-0.1, -0.05) is 32.4 Å². The van der Waals surface area contributed by atoms with Crippen LogP contribution in [0.25, 0.3) is 17.3 Å². The molecule has 13 nitrogen and oxygen atoms in total. The Balaban J connectivity index is 2.11. The number of guanidine groups is 1. The first kappa shape index (κ1) is 38.2. The van der Waals surface area contributed by atoms with E-state index in [1.54, 1.807) is 13.0 Å². The Hall–Kier alpha value is -3.95. The summed E-state index contributed by atoms with van der Waals surface area (Å²) in [5.74, 6) is -1.38. The lowest BCUT2D eigenvalue weighted by molar-refractivity contribution is -0.128. The van der Waals surface area contributed by atoms with E-state index in [0.29, 0.717) is 35.5 Å². The summed E-state index contributed by atoms with van der Waals surface area (Å²) < 4.78 is 39.1. The Morgan fingerprint density at radius 1 is 1.09 bits per heavy atom. The van der Waals surface area contributed by atoms with Gasteiger partial charge in [0, 0.05) is 37.6 Å². The van der Waals surface area contributed by atoms with E-state index in [1.807, 2.05) is 13.8 Å². The normalized spacial score (nSPS) is 13.8. The summed E-state index contributed by atoms with van der Waals surface area (Å²) in [6, 6.07) is 4.78. The van der Waals surface area contributed by atoms with Gasteiger partial charge in [-0.2, -0.15) is 0 Å². The highest BCUT2D eigenvalue weighted by Gasteiger charge is 2.23. The summed E-state index contributed by atoms with van der Waals surface area (Å²) in [6.07, 6.45) is 3.51. The first-order chi connectivity index (χ1) is 21.5. The zero-order valence-electron chi connectivity index (χ0n) is 27.0. The Morgan fingerprint density at radius 3 is 2.33 bits per heavy atom. The number of carbonyl (C=O) groups is 2. The zero-order chi connectivity index (χ0) is 34.6. The number of carbonyl (C=O) groups excluding carboxylic acids is 2. The van der Waals surface area contributed by atoms with Gasteiger partial charge in [0.25, 0.3) is 0 Å². The lowest BCUT2D eigenvalue weighted by atomic mass is 9.97. The molecular formula is C31H46FN7O6S. The van der Waals surface area contributed by atoms with E-state index < -0.39 is 40.0 Å². The average molecular weight is 664 g/mol. The monoisotopic (exact) mass is 663 g/mol. The van der Waals surface area contributed by atoms with Crippen molar-refractivity contribution in [3.63, 3.8) is 0 Å². The molecule has 46 heavy (non-hydrogen) atoms. The number of ketones is 1. The third kappa shape index (κ3) is 12.4. The molecule has 15 heteroatoms. The van der Waals surface area contributed by atoms with E-state index in [9.17, 15) is 32.6 Å². The van der Waals surface area contributed by atoms with Crippen molar-refractivity contribution in [3.05, 3.63) is 47.4 Å². The molecule has 0 aliphatic heterocycles. The molecule has 0 unspecified atom stereocenters. The molecule has 1 heterocycles. The van der Waals surface area contributed by atoms with Gasteiger partial charge in [-0.3, -0.25) is 14.6 Å². The van der Waals surface area contributed by atoms with Crippen LogP contribution >= 0.6 is 0 Å². The molecule has 0 fully saturated rings. The molecule has 0 aliphatic rings. The molecule has 1 amide bonds. The van der Waals surface area contributed by atoms with Gasteiger partial charge >= 0.3 is 0 Å². The number of unbranched alkanes of at least 4 members (excludes halogenated alkanes) is 2. The number of nitrogens with two attached hydrogens (primary N) is 2. The van der Waals surface area contributed by atoms with Crippen molar-refractivity contribution in [2.24, 2.45) is 16.5 Å². The summed E-state index contributed by atoms with van der Waals surface area (Å²) in [6.45, 7) is 5.78. The summed E-state index contributed by atoms with van der Waals surface area (Å²) in [7, 11) is -2.36. The van der Waals surface area contributed by atoms with Crippen LogP contribution in [0.15, 0.2) is 35.3 Å². The number of aliphatic hydroxyl groups excluding tert-OH is 2. The predicted molar refractivity (Wildman–Crippen MR) is 177 cm³/mol. The summed E-state index contributed by atoms with van der Waals surface area (Å²) >= 11 is 0. The van der Waals surface area contributed by atoms with E-state index >= 15 is 0 Å². The maximum absolute atomic E-state index is 13.7. The minimum Gasteiger partial charge on any atom is -0.392 e. The quantitative estimate of drug-likeness (QED) is 0.0891. The molecule has 254 valence electrons. The van der Waals surface area contributed by atoms with Crippen molar-refractivity contribution in [2.75, 3.05) is 24.2 Å². The van der Waals surface area contributed by atoms with E-state index in [-0.39, 0.29) is 42.9 Å². The van der Waals surface area contributed by atoms with Crippen LogP contribution in [-0.4, -0.2) is 84.3 Å². The number of anilines is 1. The topological polar surface area (TPSA) is 214 Å². The van der Waals surface area contributed by atoms with Gasteiger partial charge in [0.05, 0.1) is 42.3 Å². The van der Waals surface area contributed by atoms with E-state index in [4.69, 9.17) is 11.5 Å². The SMILES string of the molecule is CC(C)c1nc(N(C)S(C)(=O)=O)nc(-c2ccc(F)cc2)c1/C=C/[C@H](O)C[C@@H](O)CC(=O)N[C@@H](C)C(=O)CCCCCN=C(N)N. The molecule has 1 aromatic carbocycles. The second kappa shape index (κ2) is 17.7. The number of hydrogen-bond acceptors (Lipinski definition) is 9. The number of halogens is 1. The molecular weight excluding hydrogens is 617 g/mol. The molecule has 0 saturated carbocycles. The molecule has 0 bridgehead atoms. The van der Waals surface area contributed by atoms with Crippen molar-refractivity contribution in [1.29, 1.82) is 0 Å². The Labute approximate surface area is 270 Å². The summed E-state index contributed by atoms with van der Waals surface area (Å²) in [5, 5.41) is 23.8. The van der Waals surface area contributed by atoms with Gasteiger partial charge in [-0.15, -0.1) is 0 Å². The van der Waals surface area contributed by atoms with Crippen LogP contribution in [-0.2, 0) is 19.6 Å². The average Bonchev–Trinajstić information content (AvgIpc) is 2.96. The van der Waals surface area contributed by atoms with E-state index in [2.05, 4.69) is 20.3 Å². The lowest BCUT2D eigenvalue weighted by Crippen LogP contribution is -2.40. The van der Waals surface area contributed by atoms with Gasteiger partial charge in [-0.25, -0.2) is 27.1 Å². The number of rotatable bonds is 18. The van der Waals surface area contributed by atoms with Crippen molar-refractivity contribution in [1.82, 2.24) is 15.3 Å². The van der Waals surface area contributed by atoms with Crippen molar-refractivity contribution in [3.8, 4) is 11.3 Å². The number of benzene rings is 1. The molecule has 3 atom stereocenters. The van der Waals surface area contributed by atoms with Crippen LogP contribution in [0.5, 0.6) is 0 Å². The van der Waals surface area contributed by atoms with Crippen molar-refractivity contribution >= 4 is 39.7 Å². The van der Waals surface area contributed by atoms with Gasteiger partial charge < -0.3 is 27.0 Å². The lowest BCUT2D eigenvalue weighted by Gasteiger charge is -2.20. The first-order valence-electron chi connectivity index (χ1n) is 15.0. The van der Waals surface area contributed by atoms with Crippen LogP contribution in [0.3, 0.4) is 0 Å². The fourth-order valence-electron chi connectivity index (χ4n) is 4.45. The molecule has 2 rings (SSSR count). The van der Waals surface area contributed by atoms with Gasteiger partial charge in [-0.05, 0) is 49.9 Å². The van der Waals surface area contributed by atoms with Crippen LogP contribution < -0.4 is 21.1 Å². The molecule has 1 aromatic heterocycles. The van der Waals surface area contributed by atoms with Crippen molar-refractivity contribution < 1.29 is 32.6 Å². The fourth-order valence-corrected chi connectivity index (χ4v) is 4.83. The highest BCUT2D eigenvalue weighted by Crippen LogP contribution is 2.31. The number of Topliss-reactive ketones (excluding diaryl/α,β-unsaturated/α-hetero) is 1. The zero-order valence-corrected chi connectivity index (χ0v) is 27.8. The summed E-state index contributed by atoms with van der Waals surface area (Å²) in [4.78, 5) is 37.7. The third-order valence-electron chi connectivity index (χ3n) is 7.06. The van der Waals surface area contributed by atoms with Crippen LogP contribution in [0.1, 0.15) is 76.5 Å². The number of nitrogens with one attached hydrogen (secondary N) is 1. The van der Waals surface area contributed by atoms with Gasteiger partial charge in [0.1, 0.15) is 5.82 Å². The summed E-state index contributed by atoms with van der Waals surface area (Å²) in [5.41, 5.74) is 12.3. The van der Waals surface area contributed by atoms with E-state index in [0.717, 1.165) is 23.4 Å². The largest absolute Gasteiger partial charge is 0.392 e. The minimum absolute atomic E-state index is 0.0236. The molecule has 2 aromatic rings. The second-order valence-corrected chi connectivity index (χ2v) is 13.5. The molecule has 0 aliphatic carbocycles. The fraction of sp³-hybridized carbons (Fsp3) is 0.516. The van der Waals surface area contributed by atoms with Gasteiger partial charge in [0.15, 0.2) is 11.7 Å². The number of aliphatic imine (C=N–C) groups is 1. The predicted octanol–water partition coefficient (Wildman–Crippen LogP) is 2.22. The Bertz CT molecular complexity index is 1500. The Morgan fingerprint density at radius 2 is 1.74 bits per heavy atom. The smallest absolute Gasteiger partial charge is 0.239 e. The third-order valence-corrected chi connectivity index (χ3v) is 8.22. The maximum Gasteiger partial charge on any atom is 0.239 e.